The molecule has 0 aliphatic carbocycles. The van der Waals surface area contributed by atoms with Gasteiger partial charge in [0.25, 0.3) is 0 Å². The Morgan fingerprint density at radius 2 is 1.79 bits per heavy atom. The van der Waals surface area contributed by atoms with Crippen LogP contribution in [0.25, 0.3) is 0 Å². The molecule has 0 aromatic rings. The predicted octanol–water partition coefficient (Wildman–Crippen LogP) is 0.505. The molecule has 0 amide bonds. The van der Waals surface area contributed by atoms with Gasteiger partial charge in [-0.3, -0.25) is 0 Å². The van der Waals surface area contributed by atoms with E-state index in [2.05, 4.69) is 16.8 Å². The summed E-state index contributed by atoms with van der Waals surface area (Å²) in [5, 5.41) is 0. The zero-order valence-electron chi connectivity index (χ0n) is 9.34. The van der Waals surface area contributed by atoms with E-state index in [1.54, 1.807) is 0 Å². The molecule has 2 saturated heterocycles. The highest BCUT2D eigenvalue weighted by Crippen LogP contribution is 2.23. The van der Waals surface area contributed by atoms with Gasteiger partial charge in [-0.2, -0.15) is 0 Å². The molecular formula is C11H23N3. The van der Waals surface area contributed by atoms with Crippen LogP contribution in [0.2, 0.25) is 0 Å². The van der Waals surface area contributed by atoms with Crippen molar-refractivity contribution in [3.63, 3.8) is 0 Å². The van der Waals surface area contributed by atoms with E-state index in [4.69, 9.17) is 5.73 Å². The first-order valence-corrected chi connectivity index (χ1v) is 5.88. The van der Waals surface area contributed by atoms with Gasteiger partial charge in [-0.1, -0.05) is 0 Å². The summed E-state index contributed by atoms with van der Waals surface area (Å²) < 4.78 is 0. The van der Waals surface area contributed by atoms with Crippen molar-refractivity contribution in [2.24, 2.45) is 5.73 Å². The molecule has 2 heterocycles. The third-order valence-electron chi connectivity index (χ3n) is 3.86. The third-order valence-corrected chi connectivity index (χ3v) is 3.86. The van der Waals surface area contributed by atoms with Crippen molar-refractivity contribution < 1.29 is 0 Å². The van der Waals surface area contributed by atoms with E-state index >= 15 is 0 Å². The first-order valence-electron chi connectivity index (χ1n) is 5.88. The lowest BCUT2D eigenvalue weighted by atomic mass is 9.85. The minimum Gasteiger partial charge on any atom is -0.325 e. The number of rotatable bonds is 3. The maximum Gasteiger partial charge on any atom is 0.0190 e. The van der Waals surface area contributed by atoms with Gasteiger partial charge >= 0.3 is 0 Å². The summed E-state index contributed by atoms with van der Waals surface area (Å²) in [6, 6.07) is 0. The van der Waals surface area contributed by atoms with E-state index in [-0.39, 0.29) is 5.54 Å². The number of likely N-dealkylation sites (tertiary alicyclic amines) is 2. The normalized spacial score (nSPS) is 28.7. The summed E-state index contributed by atoms with van der Waals surface area (Å²) in [5.74, 6) is 0. The van der Waals surface area contributed by atoms with Crippen molar-refractivity contribution in [1.82, 2.24) is 9.80 Å². The smallest absolute Gasteiger partial charge is 0.0190 e. The molecule has 3 nitrogen and oxygen atoms in total. The van der Waals surface area contributed by atoms with Crippen LogP contribution in [0.3, 0.4) is 0 Å². The van der Waals surface area contributed by atoms with Crippen LogP contribution in [0.15, 0.2) is 0 Å². The highest BCUT2D eigenvalue weighted by molar-refractivity contribution is 4.90. The van der Waals surface area contributed by atoms with Crippen molar-refractivity contribution in [3.8, 4) is 0 Å². The largest absolute Gasteiger partial charge is 0.325 e. The first-order chi connectivity index (χ1) is 6.68. The molecule has 2 rings (SSSR count). The van der Waals surface area contributed by atoms with Crippen molar-refractivity contribution >= 4 is 0 Å². The summed E-state index contributed by atoms with van der Waals surface area (Å²) in [6.07, 6.45) is 4.94. The molecule has 0 radical (unpaired) electrons. The van der Waals surface area contributed by atoms with Gasteiger partial charge in [0.15, 0.2) is 0 Å². The Kier molecular flexibility index (Phi) is 3.10. The van der Waals surface area contributed by atoms with Crippen molar-refractivity contribution in [1.29, 1.82) is 0 Å². The van der Waals surface area contributed by atoms with Gasteiger partial charge < -0.3 is 15.5 Å². The van der Waals surface area contributed by atoms with Gasteiger partial charge in [0, 0.05) is 5.54 Å². The fraction of sp³-hybridized carbons (Fsp3) is 1.00. The summed E-state index contributed by atoms with van der Waals surface area (Å²) >= 11 is 0. The van der Waals surface area contributed by atoms with E-state index in [9.17, 15) is 0 Å². The summed E-state index contributed by atoms with van der Waals surface area (Å²) in [4.78, 5) is 4.90. The van der Waals surface area contributed by atoms with Crippen LogP contribution in [0.1, 0.15) is 25.7 Å². The molecule has 0 unspecified atom stereocenters. The van der Waals surface area contributed by atoms with Gasteiger partial charge in [-0.05, 0) is 65.5 Å². The Balaban J connectivity index is 1.71. The average molecular weight is 197 g/mol. The van der Waals surface area contributed by atoms with Crippen molar-refractivity contribution in [2.75, 3.05) is 39.8 Å². The molecule has 2 fully saturated rings. The molecular weight excluding hydrogens is 174 g/mol. The SMILES string of the molecule is CN1CCC(N)(CCN2CCC2)CC1. The summed E-state index contributed by atoms with van der Waals surface area (Å²) in [5.41, 5.74) is 6.54. The van der Waals surface area contributed by atoms with Gasteiger partial charge in [0.1, 0.15) is 0 Å². The van der Waals surface area contributed by atoms with Crippen LogP contribution in [0.5, 0.6) is 0 Å². The molecule has 0 spiro atoms. The van der Waals surface area contributed by atoms with Crippen LogP contribution in [-0.2, 0) is 0 Å². The highest BCUT2D eigenvalue weighted by atomic mass is 15.2. The molecule has 0 bridgehead atoms. The molecule has 0 saturated carbocycles. The molecule has 0 atom stereocenters. The monoisotopic (exact) mass is 197 g/mol. The van der Waals surface area contributed by atoms with Crippen molar-refractivity contribution in [3.05, 3.63) is 0 Å². The van der Waals surface area contributed by atoms with Crippen LogP contribution >= 0.6 is 0 Å². The fourth-order valence-corrected chi connectivity index (χ4v) is 2.30. The minimum atomic E-state index is 0.141. The van der Waals surface area contributed by atoms with Crippen LogP contribution < -0.4 is 5.73 Å². The lowest BCUT2D eigenvalue weighted by molar-refractivity contribution is 0.131. The number of piperidine rings is 1. The zero-order valence-corrected chi connectivity index (χ0v) is 9.34. The van der Waals surface area contributed by atoms with Gasteiger partial charge in [0.05, 0.1) is 0 Å². The number of nitrogens with zero attached hydrogens (tertiary/aromatic N) is 2. The number of nitrogens with two attached hydrogens (primary N) is 1. The van der Waals surface area contributed by atoms with Gasteiger partial charge in [-0.25, -0.2) is 0 Å². The van der Waals surface area contributed by atoms with E-state index in [0.717, 1.165) is 0 Å². The summed E-state index contributed by atoms with van der Waals surface area (Å²) in [7, 11) is 2.19. The maximum absolute atomic E-state index is 6.40. The predicted molar refractivity (Wildman–Crippen MR) is 59.3 cm³/mol. The lowest BCUT2D eigenvalue weighted by Crippen LogP contribution is -2.52. The van der Waals surface area contributed by atoms with Crippen LogP contribution in [0, 0.1) is 0 Å². The molecule has 82 valence electrons. The maximum atomic E-state index is 6.40. The Morgan fingerprint density at radius 3 is 2.29 bits per heavy atom. The van der Waals surface area contributed by atoms with Crippen LogP contribution in [-0.4, -0.2) is 55.1 Å². The number of hydrogen-bond acceptors (Lipinski definition) is 3. The highest BCUT2D eigenvalue weighted by Gasteiger charge is 2.30. The standard InChI is InChI=1S/C11H23N3/c1-13-8-3-11(12,4-9-13)5-10-14-6-2-7-14/h2-10,12H2,1H3. The molecule has 2 aliphatic rings. The molecule has 0 aromatic heterocycles. The third kappa shape index (κ3) is 2.47. The minimum absolute atomic E-state index is 0.141. The Morgan fingerprint density at radius 1 is 1.14 bits per heavy atom. The van der Waals surface area contributed by atoms with Crippen LogP contribution in [0.4, 0.5) is 0 Å². The second-order valence-electron chi connectivity index (χ2n) is 5.11. The van der Waals surface area contributed by atoms with E-state index in [1.165, 1.54) is 58.4 Å². The zero-order chi connectivity index (χ0) is 10.0. The Bertz CT molecular complexity index is 181. The average Bonchev–Trinajstić information content (AvgIpc) is 2.08. The second-order valence-corrected chi connectivity index (χ2v) is 5.11. The molecule has 0 aromatic carbocycles. The van der Waals surface area contributed by atoms with E-state index in [0.29, 0.717) is 0 Å². The fourth-order valence-electron chi connectivity index (χ4n) is 2.30. The quantitative estimate of drug-likeness (QED) is 0.715. The molecule has 2 N–H and O–H groups in total. The van der Waals surface area contributed by atoms with Crippen molar-refractivity contribution in [2.45, 2.75) is 31.2 Å². The van der Waals surface area contributed by atoms with Gasteiger partial charge in [0.2, 0.25) is 0 Å². The topological polar surface area (TPSA) is 32.5 Å². The number of hydrogen-bond donors (Lipinski definition) is 1. The summed E-state index contributed by atoms with van der Waals surface area (Å²) in [6.45, 7) is 6.18. The van der Waals surface area contributed by atoms with E-state index in [1.807, 2.05) is 0 Å². The molecule has 2 aliphatic heterocycles. The second kappa shape index (κ2) is 4.17. The van der Waals surface area contributed by atoms with E-state index < -0.39 is 0 Å². The van der Waals surface area contributed by atoms with Gasteiger partial charge in [-0.15, -0.1) is 0 Å². The molecule has 14 heavy (non-hydrogen) atoms. The lowest BCUT2D eigenvalue weighted by Gasteiger charge is -2.40. The Labute approximate surface area is 87.2 Å². The first kappa shape index (κ1) is 10.4. The molecule has 3 heteroatoms. The Hall–Kier alpha value is -0.120.